The van der Waals surface area contributed by atoms with Crippen molar-refractivity contribution in [1.82, 2.24) is 24.3 Å². The van der Waals surface area contributed by atoms with Crippen LogP contribution in [0, 0.1) is 0 Å². The minimum absolute atomic E-state index is 0.112. The van der Waals surface area contributed by atoms with Gasteiger partial charge in [0.2, 0.25) is 0 Å². The van der Waals surface area contributed by atoms with Crippen molar-refractivity contribution >= 4 is 19.7 Å². The van der Waals surface area contributed by atoms with E-state index in [0.717, 1.165) is 37.5 Å². The molecule has 0 N–H and O–H groups in total. The molecule has 0 saturated heterocycles. The third-order valence-corrected chi connectivity index (χ3v) is 4.82. The first-order valence-electron chi connectivity index (χ1n) is 6.90. The summed E-state index contributed by atoms with van der Waals surface area (Å²) in [5.41, 5.74) is 0. The molecule has 0 fully saturated rings. The summed E-state index contributed by atoms with van der Waals surface area (Å²) in [5, 5.41) is 8.31. The van der Waals surface area contributed by atoms with E-state index in [9.17, 15) is 8.42 Å². The number of hydrogen-bond acceptors (Lipinski definition) is 5. The predicted molar refractivity (Wildman–Crippen MR) is 76.7 cm³/mol. The van der Waals surface area contributed by atoms with Crippen LogP contribution in [0.25, 0.3) is 0 Å². The van der Waals surface area contributed by atoms with Crippen LogP contribution in [0.1, 0.15) is 37.2 Å². The maximum absolute atomic E-state index is 11.4. The molecule has 0 saturated carbocycles. The second-order valence-corrected chi connectivity index (χ2v) is 7.57. The summed E-state index contributed by atoms with van der Waals surface area (Å²) in [4.78, 5) is 4.08. The zero-order valence-electron chi connectivity index (χ0n) is 11.7. The topological polar surface area (TPSA) is 82.7 Å². The van der Waals surface area contributed by atoms with Crippen LogP contribution >= 0.6 is 10.7 Å². The van der Waals surface area contributed by atoms with E-state index in [1.54, 1.807) is 4.57 Å². The van der Waals surface area contributed by atoms with Gasteiger partial charge in [0.1, 0.15) is 11.6 Å². The van der Waals surface area contributed by atoms with Crippen molar-refractivity contribution < 1.29 is 8.42 Å². The molecule has 3 heterocycles. The largest absolute Gasteiger partial charge is 0.326 e. The van der Waals surface area contributed by atoms with Crippen molar-refractivity contribution in [3.05, 3.63) is 23.7 Å². The standard InChI is InChI=1S/C12H16ClN5O2S/c1-2-9-14-12(21(13,19)20)8-17(9)7-11-16-15-10-5-3-4-6-18(10)11/h8H,2-7H2,1H3. The first-order valence-corrected chi connectivity index (χ1v) is 9.21. The van der Waals surface area contributed by atoms with Gasteiger partial charge in [0.05, 0.1) is 6.54 Å². The number of hydrogen-bond donors (Lipinski definition) is 0. The normalized spacial score (nSPS) is 15.1. The Kier molecular flexibility index (Phi) is 3.75. The van der Waals surface area contributed by atoms with E-state index in [1.807, 2.05) is 6.92 Å². The van der Waals surface area contributed by atoms with Gasteiger partial charge in [-0.25, -0.2) is 13.4 Å². The molecular formula is C12H16ClN5O2S. The van der Waals surface area contributed by atoms with Gasteiger partial charge in [-0.05, 0) is 12.8 Å². The number of halogens is 1. The third kappa shape index (κ3) is 2.82. The molecule has 7 nitrogen and oxygen atoms in total. The number of nitrogens with zero attached hydrogens (tertiary/aromatic N) is 5. The Balaban J connectivity index is 1.94. The summed E-state index contributed by atoms with van der Waals surface area (Å²) in [7, 11) is 1.55. The van der Waals surface area contributed by atoms with E-state index in [2.05, 4.69) is 19.7 Å². The van der Waals surface area contributed by atoms with Crippen LogP contribution in [0.15, 0.2) is 11.2 Å². The molecule has 1 aliphatic rings. The lowest BCUT2D eigenvalue weighted by molar-refractivity contribution is 0.500. The van der Waals surface area contributed by atoms with Crippen molar-refractivity contribution in [1.29, 1.82) is 0 Å². The number of rotatable bonds is 4. The van der Waals surface area contributed by atoms with Gasteiger partial charge in [-0.3, -0.25) is 0 Å². The fourth-order valence-corrected chi connectivity index (χ4v) is 3.29. The molecule has 0 unspecified atom stereocenters. The zero-order valence-corrected chi connectivity index (χ0v) is 13.2. The van der Waals surface area contributed by atoms with Crippen LogP contribution in [-0.4, -0.2) is 32.7 Å². The van der Waals surface area contributed by atoms with Gasteiger partial charge in [-0.2, -0.15) is 0 Å². The highest BCUT2D eigenvalue weighted by Gasteiger charge is 2.20. The molecule has 21 heavy (non-hydrogen) atoms. The fraction of sp³-hybridized carbons (Fsp3) is 0.583. The molecule has 0 aliphatic carbocycles. The summed E-state index contributed by atoms with van der Waals surface area (Å²) in [5.74, 6) is 2.50. The molecular weight excluding hydrogens is 314 g/mol. The molecule has 0 aromatic carbocycles. The molecule has 0 amide bonds. The monoisotopic (exact) mass is 329 g/mol. The SMILES string of the molecule is CCc1nc(S(=O)(=O)Cl)cn1Cc1nnc2n1CCCC2. The lowest BCUT2D eigenvalue weighted by Gasteiger charge is -2.15. The van der Waals surface area contributed by atoms with Crippen molar-refractivity contribution in [3.8, 4) is 0 Å². The highest BCUT2D eigenvalue weighted by molar-refractivity contribution is 8.13. The van der Waals surface area contributed by atoms with Gasteiger partial charge in [-0.15, -0.1) is 10.2 Å². The van der Waals surface area contributed by atoms with Gasteiger partial charge >= 0.3 is 0 Å². The Labute approximate surface area is 127 Å². The maximum Gasteiger partial charge on any atom is 0.280 e. The van der Waals surface area contributed by atoms with E-state index in [0.29, 0.717) is 18.8 Å². The van der Waals surface area contributed by atoms with Crippen LogP contribution in [0.2, 0.25) is 0 Å². The number of imidazole rings is 1. The summed E-state index contributed by atoms with van der Waals surface area (Å²) < 4.78 is 26.7. The van der Waals surface area contributed by atoms with Crippen LogP contribution in [0.4, 0.5) is 0 Å². The highest BCUT2D eigenvalue weighted by atomic mass is 35.7. The average molecular weight is 330 g/mol. The molecule has 2 aromatic heterocycles. The van der Waals surface area contributed by atoms with Crippen LogP contribution in [0.3, 0.4) is 0 Å². The van der Waals surface area contributed by atoms with E-state index in [-0.39, 0.29) is 5.03 Å². The van der Waals surface area contributed by atoms with Crippen LogP contribution in [-0.2, 0) is 35.0 Å². The molecule has 0 bridgehead atoms. The van der Waals surface area contributed by atoms with Crippen molar-refractivity contribution in [2.24, 2.45) is 0 Å². The number of aromatic nitrogens is 5. The van der Waals surface area contributed by atoms with Gasteiger partial charge in [0.15, 0.2) is 10.9 Å². The Morgan fingerprint density at radius 2 is 2.10 bits per heavy atom. The molecule has 1 aliphatic heterocycles. The molecule has 0 atom stereocenters. The first kappa shape index (κ1) is 14.5. The third-order valence-electron chi connectivity index (χ3n) is 3.65. The summed E-state index contributed by atoms with van der Waals surface area (Å²) >= 11 is 0. The Hall–Kier alpha value is -1.41. The van der Waals surface area contributed by atoms with Crippen molar-refractivity contribution in [2.75, 3.05) is 0 Å². The lowest BCUT2D eigenvalue weighted by Crippen LogP contribution is -2.15. The molecule has 0 radical (unpaired) electrons. The van der Waals surface area contributed by atoms with Gasteiger partial charge in [0, 0.05) is 36.3 Å². The molecule has 3 rings (SSSR count). The molecule has 9 heteroatoms. The molecule has 2 aromatic rings. The lowest BCUT2D eigenvalue weighted by atomic mass is 10.2. The number of aryl methyl sites for hydroxylation is 2. The molecule has 114 valence electrons. The van der Waals surface area contributed by atoms with E-state index in [4.69, 9.17) is 10.7 Å². The average Bonchev–Trinajstić information content (AvgIpc) is 3.03. The predicted octanol–water partition coefficient (Wildman–Crippen LogP) is 1.35. The zero-order chi connectivity index (χ0) is 15.0. The second-order valence-electron chi connectivity index (χ2n) is 5.06. The van der Waals surface area contributed by atoms with Crippen molar-refractivity contribution in [3.63, 3.8) is 0 Å². The van der Waals surface area contributed by atoms with Crippen LogP contribution in [0.5, 0.6) is 0 Å². The Bertz CT molecular complexity index is 765. The van der Waals surface area contributed by atoms with E-state index >= 15 is 0 Å². The molecule has 0 spiro atoms. The second kappa shape index (κ2) is 5.42. The summed E-state index contributed by atoms with van der Waals surface area (Å²) in [6.07, 6.45) is 5.28. The minimum atomic E-state index is -3.81. The first-order chi connectivity index (χ1) is 9.99. The van der Waals surface area contributed by atoms with E-state index in [1.165, 1.54) is 6.20 Å². The summed E-state index contributed by atoms with van der Waals surface area (Å²) in [6.45, 7) is 3.28. The Morgan fingerprint density at radius 1 is 1.29 bits per heavy atom. The smallest absolute Gasteiger partial charge is 0.280 e. The van der Waals surface area contributed by atoms with Gasteiger partial charge in [-0.1, -0.05) is 6.92 Å². The minimum Gasteiger partial charge on any atom is -0.326 e. The fourth-order valence-electron chi connectivity index (χ4n) is 2.60. The van der Waals surface area contributed by atoms with E-state index < -0.39 is 9.05 Å². The van der Waals surface area contributed by atoms with Crippen LogP contribution < -0.4 is 0 Å². The quantitative estimate of drug-likeness (QED) is 0.791. The number of fused-ring (bicyclic) bond motifs is 1. The highest BCUT2D eigenvalue weighted by Crippen LogP contribution is 2.18. The summed E-state index contributed by atoms with van der Waals surface area (Å²) in [6, 6.07) is 0. The maximum atomic E-state index is 11.4. The van der Waals surface area contributed by atoms with Gasteiger partial charge < -0.3 is 9.13 Å². The van der Waals surface area contributed by atoms with Crippen molar-refractivity contribution in [2.45, 2.75) is 50.7 Å². The van der Waals surface area contributed by atoms with Gasteiger partial charge in [0.25, 0.3) is 9.05 Å². The Morgan fingerprint density at radius 3 is 2.81 bits per heavy atom.